The van der Waals surface area contributed by atoms with E-state index >= 15 is 0 Å². The molecule has 2 N–H and O–H groups in total. The van der Waals surface area contributed by atoms with Gasteiger partial charge in [-0.2, -0.15) is 0 Å². The molecule has 2 rings (SSSR count). The van der Waals surface area contributed by atoms with E-state index in [9.17, 15) is 4.79 Å². The minimum absolute atomic E-state index is 0. The Balaban J connectivity index is 0.00000220. The molecule has 1 amide bonds. The van der Waals surface area contributed by atoms with Crippen molar-refractivity contribution in [3.8, 4) is 0 Å². The number of aryl methyl sites for hydroxylation is 2. The van der Waals surface area contributed by atoms with Gasteiger partial charge in [0.15, 0.2) is 0 Å². The molecule has 1 unspecified atom stereocenters. The maximum absolute atomic E-state index is 11.8. The van der Waals surface area contributed by atoms with Crippen molar-refractivity contribution in [1.29, 1.82) is 0 Å². The smallest absolute Gasteiger partial charge is 0.220 e. The molecule has 0 bridgehead atoms. The van der Waals surface area contributed by atoms with E-state index in [1.165, 1.54) is 24.0 Å². The summed E-state index contributed by atoms with van der Waals surface area (Å²) in [6, 6.07) is 8.57. The zero-order valence-electron chi connectivity index (χ0n) is 12.9. The normalized spacial score (nSPS) is 17.9. The van der Waals surface area contributed by atoms with E-state index in [1.54, 1.807) is 0 Å². The van der Waals surface area contributed by atoms with E-state index in [-0.39, 0.29) is 18.3 Å². The van der Waals surface area contributed by atoms with E-state index in [1.807, 2.05) is 0 Å². The van der Waals surface area contributed by atoms with Gasteiger partial charge in [0.25, 0.3) is 0 Å². The standard InChI is InChI=1S/C17H26N2O.ClH/c1-14-7-9-15(10-8-14)4-2-6-17(20)19-13-16-5-3-11-18-12-16;/h7-10,16,18H,2-6,11-13H2,1H3,(H,19,20);1H. The quantitative estimate of drug-likeness (QED) is 0.848. The van der Waals surface area contributed by atoms with Crippen molar-refractivity contribution in [2.75, 3.05) is 19.6 Å². The Labute approximate surface area is 134 Å². The molecule has 1 fully saturated rings. The van der Waals surface area contributed by atoms with Crippen LogP contribution in [0.25, 0.3) is 0 Å². The van der Waals surface area contributed by atoms with Crippen molar-refractivity contribution < 1.29 is 4.79 Å². The first-order valence-electron chi connectivity index (χ1n) is 7.77. The predicted molar refractivity (Wildman–Crippen MR) is 90.0 cm³/mol. The summed E-state index contributed by atoms with van der Waals surface area (Å²) in [5.41, 5.74) is 2.60. The third-order valence-electron chi connectivity index (χ3n) is 3.98. The van der Waals surface area contributed by atoms with Gasteiger partial charge in [-0.25, -0.2) is 0 Å². The number of nitrogens with one attached hydrogen (secondary N) is 2. The van der Waals surface area contributed by atoms with Crippen LogP contribution in [-0.2, 0) is 11.2 Å². The highest BCUT2D eigenvalue weighted by molar-refractivity contribution is 5.85. The summed E-state index contributed by atoms with van der Waals surface area (Å²) in [6.07, 6.45) is 5.01. The molecule has 0 aliphatic carbocycles. The Kier molecular flexibility index (Phi) is 8.40. The maximum Gasteiger partial charge on any atom is 0.220 e. The molecule has 1 saturated heterocycles. The SMILES string of the molecule is Cc1ccc(CCCC(=O)NCC2CCCNC2)cc1.Cl. The van der Waals surface area contributed by atoms with Crippen LogP contribution in [0.15, 0.2) is 24.3 Å². The van der Waals surface area contributed by atoms with Crippen LogP contribution in [0.1, 0.15) is 36.8 Å². The van der Waals surface area contributed by atoms with Gasteiger partial charge in [0.2, 0.25) is 5.91 Å². The van der Waals surface area contributed by atoms with E-state index in [4.69, 9.17) is 0 Å². The molecule has 21 heavy (non-hydrogen) atoms. The molecule has 1 aromatic rings. The fraction of sp³-hybridized carbons (Fsp3) is 0.588. The highest BCUT2D eigenvalue weighted by Gasteiger charge is 2.13. The van der Waals surface area contributed by atoms with Gasteiger partial charge in [-0.15, -0.1) is 12.4 Å². The molecular formula is C17H27ClN2O. The van der Waals surface area contributed by atoms with Gasteiger partial charge in [-0.3, -0.25) is 4.79 Å². The van der Waals surface area contributed by atoms with E-state index in [2.05, 4.69) is 41.8 Å². The highest BCUT2D eigenvalue weighted by Crippen LogP contribution is 2.09. The van der Waals surface area contributed by atoms with Gasteiger partial charge in [-0.05, 0) is 57.2 Å². The molecule has 0 spiro atoms. The first-order valence-corrected chi connectivity index (χ1v) is 7.77. The lowest BCUT2D eigenvalue weighted by atomic mass is 9.99. The molecule has 118 valence electrons. The molecule has 0 saturated carbocycles. The molecule has 3 nitrogen and oxygen atoms in total. The average molecular weight is 311 g/mol. The summed E-state index contributed by atoms with van der Waals surface area (Å²) in [7, 11) is 0. The fourth-order valence-corrected chi connectivity index (χ4v) is 2.65. The molecule has 0 aromatic heterocycles. The number of piperidine rings is 1. The summed E-state index contributed by atoms with van der Waals surface area (Å²) in [5, 5.41) is 6.45. The van der Waals surface area contributed by atoms with Crippen LogP contribution in [0.5, 0.6) is 0 Å². The Morgan fingerprint density at radius 1 is 1.33 bits per heavy atom. The van der Waals surface area contributed by atoms with E-state index < -0.39 is 0 Å². The van der Waals surface area contributed by atoms with E-state index in [0.29, 0.717) is 12.3 Å². The molecule has 1 aliphatic heterocycles. The number of carbonyl (C=O) groups excluding carboxylic acids is 1. The summed E-state index contributed by atoms with van der Waals surface area (Å²) < 4.78 is 0. The largest absolute Gasteiger partial charge is 0.356 e. The monoisotopic (exact) mass is 310 g/mol. The second-order valence-corrected chi connectivity index (χ2v) is 5.86. The number of carbonyl (C=O) groups is 1. The lowest BCUT2D eigenvalue weighted by Crippen LogP contribution is -2.38. The van der Waals surface area contributed by atoms with Crippen LogP contribution in [0.3, 0.4) is 0 Å². The molecule has 1 heterocycles. The zero-order chi connectivity index (χ0) is 14.2. The third-order valence-corrected chi connectivity index (χ3v) is 3.98. The lowest BCUT2D eigenvalue weighted by Gasteiger charge is -2.22. The minimum Gasteiger partial charge on any atom is -0.356 e. The van der Waals surface area contributed by atoms with Crippen molar-refractivity contribution >= 4 is 18.3 Å². The molecule has 1 atom stereocenters. The topological polar surface area (TPSA) is 41.1 Å². The summed E-state index contributed by atoms with van der Waals surface area (Å²) in [6.45, 7) is 5.10. The van der Waals surface area contributed by atoms with Crippen molar-refractivity contribution in [2.24, 2.45) is 5.92 Å². The number of amides is 1. The number of hydrogen-bond donors (Lipinski definition) is 2. The Morgan fingerprint density at radius 3 is 2.76 bits per heavy atom. The minimum atomic E-state index is 0. The van der Waals surface area contributed by atoms with Crippen LogP contribution in [0, 0.1) is 12.8 Å². The van der Waals surface area contributed by atoms with Crippen LogP contribution in [0.4, 0.5) is 0 Å². The van der Waals surface area contributed by atoms with Gasteiger partial charge in [0.05, 0.1) is 0 Å². The van der Waals surface area contributed by atoms with Gasteiger partial charge in [-0.1, -0.05) is 29.8 Å². The van der Waals surface area contributed by atoms with E-state index in [0.717, 1.165) is 32.5 Å². The van der Waals surface area contributed by atoms with Gasteiger partial charge >= 0.3 is 0 Å². The number of rotatable bonds is 6. The highest BCUT2D eigenvalue weighted by atomic mass is 35.5. The molecule has 1 aromatic carbocycles. The Morgan fingerprint density at radius 2 is 2.10 bits per heavy atom. The van der Waals surface area contributed by atoms with Gasteiger partial charge in [0, 0.05) is 13.0 Å². The average Bonchev–Trinajstić information content (AvgIpc) is 2.48. The van der Waals surface area contributed by atoms with Crippen molar-refractivity contribution in [3.63, 3.8) is 0 Å². The fourth-order valence-electron chi connectivity index (χ4n) is 2.65. The summed E-state index contributed by atoms with van der Waals surface area (Å²) >= 11 is 0. The maximum atomic E-state index is 11.8. The molecule has 4 heteroatoms. The zero-order valence-corrected chi connectivity index (χ0v) is 13.7. The number of hydrogen-bond acceptors (Lipinski definition) is 2. The summed E-state index contributed by atoms with van der Waals surface area (Å²) in [4.78, 5) is 11.8. The van der Waals surface area contributed by atoms with Crippen molar-refractivity contribution in [3.05, 3.63) is 35.4 Å². The van der Waals surface area contributed by atoms with Gasteiger partial charge in [0.1, 0.15) is 0 Å². The van der Waals surface area contributed by atoms with Crippen molar-refractivity contribution in [2.45, 2.75) is 39.0 Å². The Bertz CT molecular complexity index is 413. The number of benzene rings is 1. The van der Waals surface area contributed by atoms with Gasteiger partial charge < -0.3 is 10.6 Å². The van der Waals surface area contributed by atoms with Crippen LogP contribution < -0.4 is 10.6 Å². The first kappa shape index (κ1) is 18.0. The lowest BCUT2D eigenvalue weighted by molar-refractivity contribution is -0.121. The number of halogens is 1. The molecular weight excluding hydrogens is 284 g/mol. The summed E-state index contributed by atoms with van der Waals surface area (Å²) in [5.74, 6) is 0.812. The Hall–Kier alpha value is -1.06. The predicted octanol–water partition coefficient (Wildman–Crippen LogP) is 2.86. The first-order chi connectivity index (χ1) is 9.74. The third kappa shape index (κ3) is 6.96. The second kappa shape index (κ2) is 9.80. The van der Waals surface area contributed by atoms with Crippen LogP contribution >= 0.6 is 12.4 Å². The van der Waals surface area contributed by atoms with Crippen LogP contribution in [0.2, 0.25) is 0 Å². The van der Waals surface area contributed by atoms with Crippen molar-refractivity contribution in [1.82, 2.24) is 10.6 Å². The molecule has 0 radical (unpaired) electrons. The molecule has 1 aliphatic rings. The second-order valence-electron chi connectivity index (χ2n) is 5.86. The van der Waals surface area contributed by atoms with Crippen LogP contribution in [-0.4, -0.2) is 25.5 Å².